The minimum absolute atomic E-state index is 0.0239. The molecular formula is C39H41F3N2O4. The Morgan fingerprint density at radius 3 is 2.67 bits per heavy atom. The molecule has 4 aliphatic rings. The predicted molar refractivity (Wildman–Crippen MR) is 178 cm³/mol. The summed E-state index contributed by atoms with van der Waals surface area (Å²) in [6.45, 7) is 5.71. The Morgan fingerprint density at radius 2 is 1.90 bits per heavy atom. The van der Waals surface area contributed by atoms with E-state index >= 15 is 0 Å². The van der Waals surface area contributed by atoms with Crippen molar-refractivity contribution in [3.05, 3.63) is 113 Å². The number of phenolic OH excluding ortho intramolecular Hbond substituents is 1. The molecular weight excluding hydrogens is 617 g/mol. The van der Waals surface area contributed by atoms with Gasteiger partial charge in [0, 0.05) is 30.8 Å². The minimum Gasteiger partial charge on any atom is -0.504 e. The monoisotopic (exact) mass is 658 g/mol. The number of piperidine rings is 1. The Hall–Kier alpha value is -4.08. The highest BCUT2D eigenvalue weighted by molar-refractivity contribution is 5.92. The normalized spacial score (nSPS) is 27.4. The second kappa shape index (κ2) is 12.4. The second-order valence-corrected chi connectivity index (χ2v) is 13.7. The number of unbranched alkanes of at least 4 members (excludes halogenated alkanes) is 1. The van der Waals surface area contributed by atoms with Crippen LogP contribution in [0.3, 0.4) is 0 Å². The number of halogens is 3. The first-order chi connectivity index (χ1) is 23.1. The molecule has 1 amide bonds. The van der Waals surface area contributed by atoms with Crippen molar-refractivity contribution in [2.45, 2.75) is 80.3 Å². The lowest BCUT2D eigenvalue weighted by atomic mass is 9.48. The van der Waals surface area contributed by atoms with E-state index in [0.717, 1.165) is 36.1 Å². The lowest BCUT2D eigenvalue weighted by Crippen LogP contribution is -2.78. The first-order valence-corrected chi connectivity index (χ1v) is 16.9. The maximum absolute atomic E-state index is 14.2. The fourth-order valence-electron chi connectivity index (χ4n) is 9.09. The quantitative estimate of drug-likeness (QED) is 0.144. The number of phenols is 1. The van der Waals surface area contributed by atoms with E-state index in [1.165, 1.54) is 23.8 Å². The van der Waals surface area contributed by atoms with E-state index in [-0.39, 0.29) is 23.3 Å². The SMILES string of the molecule is C=CCN1CC[C@]23c4c5ccc(O)c4O[C@H]2[C@H](N(CCCCc2ccccc2)C(=O)C=Cc2cccc(C(F)(F)F)c2)CC[C@@]3(O)[C@H]1C5. The Kier molecular flexibility index (Phi) is 8.40. The number of amides is 1. The van der Waals surface area contributed by atoms with Gasteiger partial charge in [0.15, 0.2) is 11.5 Å². The summed E-state index contributed by atoms with van der Waals surface area (Å²) in [6.07, 6.45) is 4.08. The number of carbonyl (C=O) groups excluding carboxylic acids is 1. The first-order valence-electron chi connectivity index (χ1n) is 16.9. The van der Waals surface area contributed by atoms with Crippen LogP contribution in [-0.2, 0) is 29.2 Å². The van der Waals surface area contributed by atoms with Crippen LogP contribution in [0.5, 0.6) is 11.5 Å². The third-order valence-electron chi connectivity index (χ3n) is 11.2. The number of ether oxygens (including phenoxy) is 1. The fourth-order valence-corrected chi connectivity index (χ4v) is 9.09. The smallest absolute Gasteiger partial charge is 0.416 e. The van der Waals surface area contributed by atoms with Crippen LogP contribution in [0.25, 0.3) is 6.08 Å². The molecule has 252 valence electrons. The molecule has 3 aromatic rings. The third-order valence-corrected chi connectivity index (χ3v) is 11.2. The van der Waals surface area contributed by atoms with E-state index in [2.05, 4.69) is 23.6 Å². The van der Waals surface area contributed by atoms with E-state index in [0.29, 0.717) is 57.5 Å². The molecule has 48 heavy (non-hydrogen) atoms. The summed E-state index contributed by atoms with van der Waals surface area (Å²) < 4.78 is 46.9. The van der Waals surface area contributed by atoms with Crippen molar-refractivity contribution in [1.82, 2.24) is 9.80 Å². The molecule has 5 atom stereocenters. The highest BCUT2D eigenvalue weighted by atomic mass is 19.4. The number of hydrogen-bond acceptors (Lipinski definition) is 5. The summed E-state index contributed by atoms with van der Waals surface area (Å²) in [4.78, 5) is 18.3. The molecule has 2 bridgehead atoms. The predicted octanol–water partition coefficient (Wildman–Crippen LogP) is 6.68. The standard InChI is InChI=1S/C39H41F3N2O4/c1-2-21-43-23-20-37-34-28-15-16-31(45)35(34)48-36(37)30(18-19-38(37,47)32(43)25-28)44(22-7-6-11-26-9-4-3-5-10-26)33(46)17-14-27-12-8-13-29(24-27)39(40,41)42/h2-5,8-10,12-17,24,30,32,36,45,47H,1,6-7,11,18-23,25H2/t30-,32-,36+,37+,38-/m1/s1. The number of likely N-dealkylation sites (tertiary alicyclic amines) is 1. The largest absolute Gasteiger partial charge is 0.504 e. The molecule has 2 aliphatic carbocycles. The van der Waals surface area contributed by atoms with Crippen molar-refractivity contribution in [2.24, 2.45) is 0 Å². The second-order valence-electron chi connectivity index (χ2n) is 13.7. The number of carbonyl (C=O) groups is 1. The molecule has 6 nitrogen and oxygen atoms in total. The summed E-state index contributed by atoms with van der Waals surface area (Å²) in [5.41, 5.74) is 0.652. The van der Waals surface area contributed by atoms with Crippen molar-refractivity contribution in [3.63, 3.8) is 0 Å². The summed E-state index contributed by atoms with van der Waals surface area (Å²) in [5.74, 6) is 0.102. The van der Waals surface area contributed by atoms with Gasteiger partial charge in [-0.2, -0.15) is 13.2 Å². The maximum Gasteiger partial charge on any atom is 0.416 e. The third kappa shape index (κ3) is 5.31. The Balaban J connectivity index is 1.23. The molecule has 2 fully saturated rings. The molecule has 1 spiro atoms. The van der Waals surface area contributed by atoms with Crippen molar-refractivity contribution in [2.75, 3.05) is 19.6 Å². The zero-order valence-corrected chi connectivity index (χ0v) is 26.8. The van der Waals surface area contributed by atoms with Gasteiger partial charge in [-0.05, 0) is 92.5 Å². The van der Waals surface area contributed by atoms with Crippen LogP contribution in [0, 0.1) is 0 Å². The Bertz CT molecular complexity index is 1730. The number of aryl methyl sites for hydroxylation is 1. The molecule has 2 heterocycles. The molecule has 2 N–H and O–H groups in total. The van der Waals surface area contributed by atoms with Crippen LogP contribution < -0.4 is 4.74 Å². The summed E-state index contributed by atoms with van der Waals surface area (Å²) in [7, 11) is 0. The molecule has 0 unspecified atom stereocenters. The van der Waals surface area contributed by atoms with E-state index < -0.39 is 34.9 Å². The van der Waals surface area contributed by atoms with Gasteiger partial charge in [-0.25, -0.2) is 0 Å². The van der Waals surface area contributed by atoms with Gasteiger partial charge in [0.1, 0.15) is 6.10 Å². The Morgan fingerprint density at radius 1 is 1.08 bits per heavy atom. The zero-order chi connectivity index (χ0) is 33.7. The van der Waals surface area contributed by atoms with Crippen LogP contribution in [0.4, 0.5) is 13.2 Å². The number of hydrogen-bond donors (Lipinski definition) is 2. The molecule has 2 aliphatic heterocycles. The summed E-state index contributed by atoms with van der Waals surface area (Å²) >= 11 is 0. The molecule has 9 heteroatoms. The number of benzene rings is 3. The van der Waals surface area contributed by atoms with E-state index in [1.807, 2.05) is 30.3 Å². The first kappa shape index (κ1) is 32.5. The van der Waals surface area contributed by atoms with Crippen molar-refractivity contribution in [1.29, 1.82) is 0 Å². The lowest BCUT2D eigenvalue weighted by Gasteiger charge is -2.64. The molecule has 3 aromatic carbocycles. The summed E-state index contributed by atoms with van der Waals surface area (Å²) in [6, 6.07) is 18.0. The van der Waals surface area contributed by atoms with Gasteiger partial charge in [0.2, 0.25) is 5.91 Å². The molecule has 7 rings (SSSR count). The minimum atomic E-state index is -4.49. The highest BCUT2D eigenvalue weighted by Gasteiger charge is 2.73. The number of rotatable bonds is 10. The van der Waals surface area contributed by atoms with Crippen molar-refractivity contribution < 1.29 is 32.9 Å². The van der Waals surface area contributed by atoms with Gasteiger partial charge in [-0.3, -0.25) is 9.69 Å². The highest BCUT2D eigenvalue weighted by Crippen LogP contribution is 2.65. The van der Waals surface area contributed by atoms with Gasteiger partial charge < -0.3 is 19.8 Å². The van der Waals surface area contributed by atoms with Gasteiger partial charge in [-0.15, -0.1) is 6.58 Å². The van der Waals surface area contributed by atoms with Crippen LogP contribution in [0.15, 0.2) is 85.5 Å². The lowest BCUT2D eigenvalue weighted by molar-refractivity contribution is -0.199. The van der Waals surface area contributed by atoms with Gasteiger partial charge in [0.05, 0.1) is 22.6 Å². The number of alkyl halides is 3. The van der Waals surface area contributed by atoms with Crippen LogP contribution >= 0.6 is 0 Å². The fraction of sp³-hybridized carbons (Fsp3) is 0.410. The van der Waals surface area contributed by atoms with Gasteiger partial charge >= 0.3 is 6.18 Å². The maximum atomic E-state index is 14.2. The topological polar surface area (TPSA) is 73.2 Å². The van der Waals surface area contributed by atoms with Crippen LogP contribution in [0.1, 0.15) is 59.9 Å². The molecule has 0 aromatic heterocycles. The number of nitrogens with zero attached hydrogens (tertiary/aromatic N) is 2. The van der Waals surface area contributed by atoms with E-state index in [4.69, 9.17) is 4.74 Å². The molecule has 1 saturated heterocycles. The van der Waals surface area contributed by atoms with Crippen LogP contribution in [0.2, 0.25) is 0 Å². The Labute approximate surface area is 279 Å². The van der Waals surface area contributed by atoms with Gasteiger partial charge in [0.25, 0.3) is 0 Å². The van der Waals surface area contributed by atoms with Crippen LogP contribution in [-0.4, -0.2) is 69.3 Å². The van der Waals surface area contributed by atoms with Gasteiger partial charge in [-0.1, -0.05) is 54.6 Å². The average Bonchev–Trinajstić information content (AvgIpc) is 3.43. The van der Waals surface area contributed by atoms with E-state index in [1.54, 1.807) is 17.0 Å². The molecule has 0 radical (unpaired) electrons. The average molecular weight is 659 g/mol. The van der Waals surface area contributed by atoms with Crippen molar-refractivity contribution >= 4 is 12.0 Å². The van der Waals surface area contributed by atoms with E-state index in [9.17, 15) is 28.2 Å². The zero-order valence-electron chi connectivity index (χ0n) is 26.8. The summed E-state index contributed by atoms with van der Waals surface area (Å²) in [5, 5.41) is 23.8. The van der Waals surface area contributed by atoms with Crippen molar-refractivity contribution in [3.8, 4) is 11.5 Å². The number of aromatic hydroxyl groups is 1. The number of aliphatic hydroxyl groups is 1. The molecule has 1 saturated carbocycles.